The Morgan fingerprint density at radius 1 is 1.44 bits per heavy atom. The summed E-state index contributed by atoms with van der Waals surface area (Å²) in [5, 5.41) is 0. The molecule has 1 aromatic carbocycles. The van der Waals surface area contributed by atoms with E-state index in [-0.39, 0.29) is 11.3 Å². The maximum absolute atomic E-state index is 13.1. The topological polar surface area (TPSA) is 61.5 Å². The van der Waals surface area contributed by atoms with Crippen molar-refractivity contribution in [3.63, 3.8) is 0 Å². The van der Waals surface area contributed by atoms with E-state index in [0.717, 1.165) is 0 Å². The number of ether oxygens (including phenoxy) is 2. The zero-order valence-electron chi connectivity index (χ0n) is 8.99. The van der Waals surface area contributed by atoms with Gasteiger partial charge in [0.05, 0.1) is 26.1 Å². The maximum atomic E-state index is 13.1. The van der Waals surface area contributed by atoms with E-state index in [0.29, 0.717) is 5.56 Å². The van der Waals surface area contributed by atoms with Crippen LogP contribution in [-0.2, 0) is 9.53 Å². The molecule has 2 N–H and O–H groups in total. The van der Waals surface area contributed by atoms with Gasteiger partial charge < -0.3 is 15.2 Å². The highest BCUT2D eigenvalue weighted by molar-refractivity contribution is 6.18. The first-order valence-electron chi connectivity index (χ1n) is 4.46. The summed E-state index contributed by atoms with van der Waals surface area (Å²) in [6.07, 6.45) is 1.20. The van der Waals surface area contributed by atoms with Gasteiger partial charge in [-0.05, 0) is 17.7 Å². The number of methoxy groups -OCH3 is 2. The van der Waals surface area contributed by atoms with Crippen molar-refractivity contribution in [2.75, 3.05) is 14.2 Å². The standard InChI is InChI=1S/C11H12FNO3/c1-15-6-8(11(13)14)7-3-4-9(12)10(5-7)16-2/h3-6H,1-2H3,(H2,13,14)/b8-6-. The van der Waals surface area contributed by atoms with E-state index in [1.165, 1.54) is 38.7 Å². The lowest BCUT2D eigenvalue weighted by atomic mass is 10.1. The van der Waals surface area contributed by atoms with E-state index in [2.05, 4.69) is 0 Å². The number of halogens is 1. The minimum atomic E-state index is -0.657. The van der Waals surface area contributed by atoms with Crippen molar-refractivity contribution in [3.05, 3.63) is 35.8 Å². The van der Waals surface area contributed by atoms with E-state index in [1.54, 1.807) is 0 Å². The lowest BCUT2D eigenvalue weighted by Gasteiger charge is -2.06. The zero-order valence-corrected chi connectivity index (χ0v) is 8.99. The van der Waals surface area contributed by atoms with Crippen LogP contribution in [0.4, 0.5) is 4.39 Å². The van der Waals surface area contributed by atoms with E-state index >= 15 is 0 Å². The summed E-state index contributed by atoms with van der Waals surface area (Å²) < 4.78 is 22.7. The van der Waals surface area contributed by atoms with Crippen LogP contribution in [0.15, 0.2) is 24.5 Å². The van der Waals surface area contributed by atoms with Crippen molar-refractivity contribution in [1.82, 2.24) is 0 Å². The summed E-state index contributed by atoms with van der Waals surface area (Å²) in [6, 6.07) is 4.00. The summed E-state index contributed by atoms with van der Waals surface area (Å²) in [6.45, 7) is 0. The van der Waals surface area contributed by atoms with Crippen molar-refractivity contribution < 1.29 is 18.7 Å². The minimum Gasteiger partial charge on any atom is -0.504 e. The highest BCUT2D eigenvalue weighted by atomic mass is 19.1. The normalized spacial score (nSPS) is 11.1. The van der Waals surface area contributed by atoms with E-state index in [4.69, 9.17) is 15.2 Å². The monoisotopic (exact) mass is 225 g/mol. The molecule has 0 aliphatic carbocycles. The van der Waals surface area contributed by atoms with Crippen LogP contribution < -0.4 is 10.5 Å². The van der Waals surface area contributed by atoms with Crippen LogP contribution in [0.5, 0.6) is 5.75 Å². The smallest absolute Gasteiger partial charge is 0.252 e. The molecule has 0 saturated carbocycles. The molecule has 0 spiro atoms. The van der Waals surface area contributed by atoms with Gasteiger partial charge in [-0.25, -0.2) is 4.39 Å². The molecule has 0 heterocycles. The number of carbonyl (C=O) groups excluding carboxylic acids is 1. The Kier molecular flexibility index (Phi) is 3.88. The number of hydrogen-bond acceptors (Lipinski definition) is 3. The highest BCUT2D eigenvalue weighted by Gasteiger charge is 2.11. The van der Waals surface area contributed by atoms with Crippen LogP contribution in [0, 0.1) is 5.82 Å². The molecule has 0 unspecified atom stereocenters. The SMILES string of the molecule is CO/C=C(\C(N)=O)c1ccc(F)c(OC)c1. The van der Waals surface area contributed by atoms with Gasteiger partial charge in [-0.15, -0.1) is 0 Å². The van der Waals surface area contributed by atoms with Gasteiger partial charge in [0.1, 0.15) is 0 Å². The first-order chi connectivity index (χ1) is 7.60. The third-order valence-electron chi connectivity index (χ3n) is 1.96. The second kappa shape index (κ2) is 5.16. The van der Waals surface area contributed by atoms with Gasteiger partial charge in [0.25, 0.3) is 5.91 Å². The second-order valence-electron chi connectivity index (χ2n) is 2.98. The first-order valence-corrected chi connectivity index (χ1v) is 4.46. The predicted octanol–water partition coefficient (Wildman–Crippen LogP) is 1.31. The summed E-state index contributed by atoms with van der Waals surface area (Å²) in [5.41, 5.74) is 5.75. The Balaban J connectivity index is 3.21. The maximum Gasteiger partial charge on any atom is 0.252 e. The molecule has 1 aromatic rings. The van der Waals surface area contributed by atoms with Crippen LogP contribution >= 0.6 is 0 Å². The number of nitrogens with two attached hydrogens (primary N) is 1. The fourth-order valence-electron chi connectivity index (χ4n) is 1.21. The molecule has 0 radical (unpaired) electrons. The molecule has 0 aromatic heterocycles. The van der Waals surface area contributed by atoms with Crippen molar-refractivity contribution in [3.8, 4) is 5.75 Å². The molecule has 0 aliphatic rings. The highest BCUT2D eigenvalue weighted by Crippen LogP contribution is 2.23. The number of primary amides is 1. The van der Waals surface area contributed by atoms with Gasteiger partial charge in [-0.1, -0.05) is 6.07 Å². The van der Waals surface area contributed by atoms with E-state index < -0.39 is 11.7 Å². The van der Waals surface area contributed by atoms with Crippen molar-refractivity contribution in [2.45, 2.75) is 0 Å². The summed E-state index contributed by atoms with van der Waals surface area (Å²) in [5.74, 6) is -1.12. The van der Waals surface area contributed by atoms with Crippen molar-refractivity contribution in [2.24, 2.45) is 5.73 Å². The average molecular weight is 225 g/mol. The van der Waals surface area contributed by atoms with Gasteiger partial charge in [0.15, 0.2) is 11.6 Å². The lowest BCUT2D eigenvalue weighted by Crippen LogP contribution is -2.13. The van der Waals surface area contributed by atoms with Crippen molar-refractivity contribution in [1.29, 1.82) is 0 Å². The predicted molar refractivity (Wildman–Crippen MR) is 57.1 cm³/mol. The molecule has 0 bridgehead atoms. The average Bonchev–Trinajstić information content (AvgIpc) is 2.26. The molecular formula is C11H12FNO3. The molecule has 0 aliphatic heterocycles. The van der Waals surface area contributed by atoms with Crippen LogP contribution in [-0.4, -0.2) is 20.1 Å². The fourth-order valence-corrected chi connectivity index (χ4v) is 1.21. The number of amides is 1. The van der Waals surface area contributed by atoms with Gasteiger partial charge in [-0.3, -0.25) is 4.79 Å². The Bertz CT molecular complexity index is 429. The Morgan fingerprint density at radius 2 is 2.12 bits per heavy atom. The van der Waals surface area contributed by atoms with Crippen LogP contribution in [0.2, 0.25) is 0 Å². The van der Waals surface area contributed by atoms with Gasteiger partial charge in [0.2, 0.25) is 0 Å². The first kappa shape index (κ1) is 12.0. The molecule has 1 amide bonds. The number of carbonyl (C=O) groups is 1. The van der Waals surface area contributed by atoms with Crippen LogP contribution in [0.25, 0.3) is 5.57 Å². The van der Waals surface area contributed by atoms with Crippen LogP contribution in [0.3, 0.4) is 0 Å². The molecule has 1 rings (SSSR count). The lowest BCUT2D eigenvalue weighted by molar-refractivity contribution is -0.112. The summed E-state index contributed by atoms with van der Waals surface area (Å²) >= 11 is 0. The summed E-state index contributed by atoms with van der Waals surface area (Å²) in [4.78, 5) is 11.1. The van der Waals surface area contributed by atoms with E-state index in [9.17, 15) is 9.18 Å². The Labute approximate surface area is 92.5 Å². The molecule has 0 fully saturated rings. The Morgan fingerprint density at radius 3 is 2.62 bits per heavy atom. The molecule has 4 nitrogen and oxygen atoms in total. The molecule has 5 heteroatoms. The molecule has 0 saturated heterocycles. The van der Waals surface area contributed by atoms with Crippen LogP contribution in [0.1, 0.15) is 5.56 Å². The molecule has 0 atom stereocenters. The largest absolute Gasteiger partial charge is 0.504 e. The fraction of sp³-hybridized carbons (Fsp3) is 0.182. The minimum absolute atomic E-state index is 0.0424. The number of rotatable bonds is 4. The Hall–Kier alpha value is -2.04. The second-order valence-corrected chi connectivity index (χ2v) is 2.98. The molecular weight excluding hydrogens is 213 g/mol. The zero-order chi connectivity index (χ0) is 12.1. The van der Waals surface area contributed by atoms with Gasteiger partial charge in [-0.2, -0.15) is 0 Å². The molecule has 86 valence electrons. The van der Waals surface area contributed by atoms with Gasteiger partial charge >= 0.3 is 0 Å². The third kappa shape index (κ3) is 2.50. The number of hydrogen-bond donors (Lipinski definition) is 1. The molecule has 16 heavy (non-hydrogen) atoms. The third-order valence-corrected chi connectivity index (χ3v) is 1.96. The summed E-state index contributed by atoms with van der Waals surface area (Å²) in [7, 11) is 2.73. The van der Waals surface area contributed by atoms with E-state index in [1.807, 2.05) is 0 Å². The number of benzene rings is 1. The van der Waals surface area contributed by atoms with Gasteiger partial charge in [0, 0.05) is 0 Å². The van der Waals surface area contributed by atoms with Crippen molar-refractivity contribution >= 4 is 11.5 Å². The quantitative estimate of drug-likeness (QED) is 0.620.